The molecule has 1 aromatic carbocycles. The zero-order valence-corrected chi connectivity index (χ0v) is 16.5. The van der Waals surface area contributed by atoms with Crippen LogP contribution in [0.4, 0.5) is 5.88 Å². The van der Waals surface area contributed by atoms with Gasteiger partial charge < -0.3 is 23.2 Å². The molecular formula is C18H15N3O8S. The lowest BCUT2D eigenvalue weighted by Crippen LogP contribution is -2.19. The number of rotatable bonds is 5. The first-order chi connectivity index (χ1) is 14.5. The molecular weight excluding hydrogens is 418 g/mol. The molecule has 0 atom stereocenters. The predicted molar refractivity (Wildman–Crippen MR) is 103 cm³/mol. The van der Waals surface area contributed by atoms with Gasteiger partial charge in [-0.1, -0.05) is 11.3 Å². The molecule has 0 unspecified atom stereocenters. The molecule has 11 nitrogen and oxygen atoms in total. The number of esters is 1. The third-order valence-corrected chi connectivity index (χ3v) is 5.33. The van der Waals surface area contributed by atoms with Crippen LogP contribution in [0.25, 0.3) is 10.2 Å². The number of thiazole rings is 1. The Morgan fingerprint density at radius 2 is 2.00 bits per heavy atom. The van der Waals surface area contributed by atoms with E-state index in [2.05, 4.69) is 4.99 Å². The SMILES string of the molecule is COC(=O)CCn1c(=NC(=O)c2ccc([N+](=O)[O-])o2)sc2cc3c(cc21)OCCO3. The molecule has 0 aliphatic carbocycles. The second-order valence-corrected chi connectivity index (χ2v) is 7.15. The summed E-state index contributed by atoms with van der Waals surface area (Å²) in [6.07, 6.45) is 0.0599. The van der Waals surface area contributed by atoms with Gasteiger partial charge in [0, 0.05) is 18.7 Å². The lowest BCUT2D eigenvalue weighted by molar-refractivity contribution is -0.402. The van der Waals surface area contributed by atoms with Gasteiger partial charge in [0.1, 0.15) is 18.1 Å². The van der Waals surface area contributed by atoms with Crippen molar-refractivity contribution in [3.63, 3.8) is 0 Å². The maximum absolute atomic E-state index is 12.5. The molecule has 2 aromatic heterocycles. The first-order valence-corrected chi connectivity index (χ1v) is 9.61. The van der Waals surface area contributed by atoms with E-state index in [1.807, 2.05) is 0 Å². The lowest BCUT2D eigenvalue weighted by Gasteiger charge is -2.18. The maximum Gasteiger partial charge on any atom is 0.433 e. The standard InChI is InChI=1S/C18H15N3O8S/c1-26-16(22)4-5-20-10-8-12-13(28-7-6-27-12)9-14(10)30-18(20)19-17(23)11-2-3-15(29-11)21(24)25/h2-3,8-9H,4-7H2,1H3. The highest BCUT2D eigenvalue weighted by atomic mass is 32.1. The minimum Gasteiger partial charge on any atom is -0.486 e. The van der Waals surface area contributed by atoms with Crippen LogP contribution < -0.4 is 14.3 Å². The molecule has 156 valence electrons. The number of aryl methyl sites for hydroxylation is 1. The number of nitrogens with zero attached hydrogens (tertiary/aromatic N) is 3. The summed E-state index contributed by atoms with van der Waals surface area (Å²) in [5, 5.41) is 10.8. The zero-order chi connectivity index (χ0) is 21.3. The van der Waals surface area contributed by atoms with Crippen molar-refractivity contribution in [2.75, 3.05) is 20.3 Å². The van der Waals surface area contributed by atoms with E-state index in [0.717, 1.165) is 10.8 Å². The predicted octanol–water partition coefficient (Wildman–Crippen LogP) is 2.28. The highest BCUT2D eigenvalue weighted by Gasteiger charge is 2.20. The van der Waals surface area contributed by atoms with Crippen LogP contribution in [0.5, 0.6) is 11.5 Å². The van der Waals surface area contributed by atoms with E-state index >= 15 is 0 Å². The van der Waals surface area contributed by atoms with Gasteiger partial charge in [0.2, 0.25) is 5.76 Å². The first kappa shape index (κ1) is 19.6. The Balaban J connectivity index is 1.79. The van der Waals surface area contributed by atoms with Gasteiger partial charge in [-0.15, -0.1) is 0 Å². The molecule has 0 spiro atoms. The molecule has 3 heterocycles. The van der Waals surface area contributed by atoms with E-state index in [1.165, 1.54) is 24.5 Å². The molecule has 4 rings (SSSR count). The van der Waals surface area contributed by atoms with Crippen LogP contribution >= 0.6 is 11.3 Å². The van der Waals surface area contributed by atoms with Crippen molar-refractivity contribution >= 4 is 39.3 Å². The monoisotopic (exact) mass is 433 g/mol. The van der Waals surface area contributed by atoms with Gasteiger partial charge >= 0.3 is 17.8 Å². The molecule has 1 amide bonds. The average molecular weight is 433 g/mol. The van der Waals surface area contributed by atoms with Crippen LogP contribution in [0, 0.1) is 10.1 Å². The summed E-state index contributed by atoms with van der Waals surface area (Å²) in [4.78, 5) is 38.5. The quantitative estimate of drug-likeness (QED) is 0.340. The molecule has 0 saturated heterocycles. The second kappa shape index (κ2) is 7.99. The Hall–Kier alpha value is -3.67. The Morgan fingerprint density at radius 3 is 2.67 bits per heavy atom. The van der Waals surface area contributed by atoms with E-state index in [-0.39, 0.29) is 18.7 Å². The fraction of sp³-hybridized carbons (Fsp3) is 0.278. The summed E-state index contributed by atoms with van der Waals surface area (Å²) in [5.41, 5.74) is 0.699. The number of carbonyl (C=O) groups excluding carboxylic acids is 2. The van der Waals surface area contributed by atoms with E-state index < -0.39 is 22.7 Å². The molecule has 0 radical (unpaired) electrons. The van der Waals surface area contributed by atoms with Crippen molar-refractivity contribution in [3.05, 3.63) is 44.9 Å². The molecule has 1 aliphatic heterocycles. The number of hydrogen-bond acceptors (Lipinski definition) is 9. The van der Waals surface area contributed by atoms with Crippen molar-refractivity contribution in [3.8, 4) is 11.5 Å². The lowest BCUT2D eigenvalue weighted by atomic mass is 10.2. The molecule has 1 aliphatic rings. The molecule has 0 saturated carbocycles. The summed E-state index contributed by atoms with van der Waals surface area (Å²) >= 11 is 1.20. The number of benzene rings is 1. The highest BCUT2D eigenvalue weighted by Crippen LogP contribution is 2.35. The van der Waals surface area contributed by atoms with Gasteiger partial charge in [0.05, 0.1) is 29.8 Å². The van der Waals surface area contributed by atoms with Gasteiger partial charge in [-0.25, -0.2) is 0 Å². The zero-order valence-electron chi connectivity index (χ0n) is 15.7. The molecule has 0 bridgehead atoms. The van der Waals surface area contributed by atoms with Crippen LogP contribution in [-0.4, -0.2) is 41.7 Å². The summed E-state index contributed by atoms with van der Waals surface area (Å²) in [6.45, 7) is 1.05. The molecule has 3 aromatic rings. The van der Waals surface area contributed by atoms with Crippen LogP contribution in [0.3, 0.4) is 0 Å². The van der Waals surface area contributed by atoms with Gasteiger partial charge in [0.15, 0.2) is 16.3 Å². The van der Waals surface area contributed by atoms with Crippen molar-refractivity contribution in [2.45, 2.75) is 13.0 Å². The number of aromatic nitrogens is 1. The fourth-order valence-electron chi connectivity index (χ4n) is 2.90. The minimum absolute atomic E-state index is 0.0599. The number of furan rings is 1. The van der Waals surface area contributed by atoms with Gasteiger partial charge in [-0.2, -0.15) is 4.99 Å². The summed E-state index contributed by atoms with van der Waals surface area (Å²) in [6, 6.07) is 5.82. The van der Waals surface area contributed by atoms with Gasteiger partial charge in [0.25, 0.3) is 0 Å². The summed E-state index contributed by atoms with van der Waals surface area (Å²) in [7, 11) is 1.29. The molecule has 0 fully saturated rings. The summed E-state index contributed by atoms with van der Waals surface area (Å²) < 4.78 is 23.3. The Bertz CT molecular complexity index is 1220. The van der Waals surface area contributed by atoms with E-state index in [0.29, 0.717) is 35.0 Å². The fourth-order valence-corrected chi connectivity index (χ4v) is 3.96. The third-order valence-electron chi connectivity index (χ3n) is 4.29. The van der Waals surface area contributed by atoms with Gasteiger partial charge in [-0.3, -0.25) is 19.7 Å². The summed E-state index contributed by atoms with van der Waals surface area (Å²) in [5.74, 6) is -0.875. The highest BCUT2D eigenvalue weighted by molar-refractivity contribution is 7.16. The Morgan fingerprint density at radius 1 is 1.27 bits per heavy atom. The molecule has 30 heavy (non-hydrogen) atoms. The molecule has 0 N–H and O–H groups in total. The number of methoxy groups -OCH3 is 1. The van der Waals surface area contributed by atoms with Gasteiger partial charge in [-0.05, 0) is 6.07 Å². The average Bonchev–Trinajstić information content (AvgIpc) is 3.35. The number of ether oxygens (including phenoxy) is 3. The second-order valence-electron chi connectivity index (χ2n) is 6.14. The normalized spacial score (nSPS) is 13.4. The molecule has 12 heteroatoms. The number of fused-ring (bicyclic) bond motifs is 2. The first-order valence-electron chi connectivity index (χ1n) is 8.79. The number of hydrogen-bond donors (Lipinski definition) is 0. The minimum atomic E-state index is -0.779. The van der Waals surface area contributed by atoms with E-state index in [9.17, 15) is 19.7 Å². The van der Waals surface area contributed by atoms with Crippen molar-refractivity contribution in [1.29, 1.82) is 0 Å². The Kier molecular flexibility index (Phi) is 5.23. The van der Waals surface area contributed by atoms with Crippen LogP contribution in [0.1, 0.15) is 17.0 Å². The van der Waals surface area contributed by atoms with Crippen LogP contribution in [0.15, 0.2) is 33.7 Å². The topological polar surface area (TPSA) is 135 Å². The van der Waals surface area contributed by atoms with Crippen molar-refractivity contribution in [2.24, 2.45) is 4.99 Å². The number of carbonyl (C=O) groups is 2. The van der Waals surface area contributed by atoms with Crippen molar-refractivity contribution < 1.29 is 33.1 Å². The van der Waals surface area contributed by atoms with Crippen LogP contribution in [0.2, 0.25) is 0 Å². The third kappa shape index (κ3) is 3.76. The van der Waals surface area contributed by atoms with E-state index in [1.54, 1.807) is 16.7 Å². The number of amides is 1. The number of nitro groups is 1. The Labute approximate surface area is 172 Å². The smallest absolute Gasteiger partial charge is 0.433 e. The van der Waals surface area contributed by atoms with E-state index in [4.69, 9.17) is 18.6 Å². The van der Waals surface area contributed by atoms with Crippen molar-refractivity contribution in [1.82, 2.24) is 4.57 Å². The largest absolute Gasteiger partial charge is 0.486 e. The van der Waals surface area contributed by atoms with Crippen LogP contribution in [-0.2, 0) is 16.1 Å². The maximum atomic E-state index is 12.5.